The zero-order chi connectivity index (χ0) is 16.2. The van der Waals surface area contributed by atoms with Crippen LogP contribution in [0, 0.1) is 5.82 Å². The van der Waals surface area contributed by atoms with Gasteiger partial charge in [0.15, 0.2) is 0 Å². The minimum atomic E-state index is -0.208. The number of rotatable bonds is 5. The minimum absolute atomic E-state index is 0.208. The zero-order valence-electron chi connectivity index (χ0n) is 13.6. The molecule has 0 unspecified atom stereocenters. The lowest BCUT2D eigenvalue weighted by molar-refractivity contribution is 0.627. The SMILES string of the molecule is C=C(CCC(=C)c1ccc2c(c1)CCCC2)c1ccc(F)cc1. The Labute approximate surface area is 138 Å². The molecule has 0 fully saturated rings. The third-order valence-corrected chi connectivity index (χ3v) is 4.74. The first kappa shape index (κ1) is 15.7. The van der Waals surface area contributed by atoms with Gasteiger partial charge in [-0.1, -0.05) is 43.5 Å². The normalized spacial score (nSPS) is 13.4. The molecule has 0 saturated heterocycles. The number of fused-ring (bicyclic) bond motifs is 1. The van der Waals surface area contributed by atoms with Gasteiger partial charge in [-0.2, -0.15) is 0 Å². The second kappa shape index (κ2) is 6.95. The monoisotopic (exact) mass is 306 g/mol. The first-order valence-corrected chi connectivity index (χ1v) is 8.37. The van der Waals surface area contributed by atoms with Crippen molar-refractivity contribution in [1.82, 2.24) is 0 Å². The molecule has 2 aromatic rings. The van der Waals surface area contributed by atoms with Crippen LogP contribution in [0.3, 0.4) is 0 Å². The number of benzene rings is 2. The average molecular weight is 306 g/mol. The lowest BCUT2D eigenvalue weighted by Crippen LogP contribution is -2.03. The molecule has 1 aliphatic carbocycles. The van der Waals surface area contributed by atoms with Gasteiger partial charge in [0.05, 0.1) is 0 Å². The number of hydrogen-bond acceptors (Lipinski definition) is 0. The maximum Gasteiger partial charge on any atom is 0.123 e. The molecule has 23 heavy (non-hydrogen) atoms. The van der Waals surface area contributed by atoms with E-state index in [0.29, 0.717) is 0 Å². The lowest BCUT2D eigenvalue weighted by Gasteiger charge is -2.17. The summed E-state index contributed by atoms with van der Waals surface area (Å²) in [4.78, 5) is 0. The van der Waals surface area contributed by atoms with E-state index in [1.165, 1.54) is 54.5 Å². The van der Waals surface area contributed by atoms with Crippen molar-refractivity contribution in [3.05, 3.63) is 83.7 Å². The first-order chi connectivity index (χ1) is 11.1. The molecule has 0 aromatic heterocycles. The van der Waals surface area contributed by atoms with Crippen molar-refractivity contribution >= 4 is 11.1 Å². The van der Waals surface area contributed by atoms with Gasteiger partial charge in [-0.3, -0.25) is 0 Å². The largest absolute Gasteiger partial charge is 0.207 e. The van der Waals surface area contributed by atoms with E-state index in [9.17, 15) is 4.39 Å². The Morgan fingerprint density at radius 1 is 0.783 bits per heavy atom. The van der Waals surface area contributed by atoms with Crippen molar-refractivity contribution in [1.29, 1.82) is 0 Å². The van der Waals surface area contributed by atoms with E-state index in [1.54, 1.807) is 12.1 Å². The van der Waals surface area contributed by atoms with E-state index >= 15 is 0 Å². The molecular weight excluding hydrogens is 283 g/mol. The summed E-state index contributed by atoms with van der Waals surface area (Å²) in [6.45, 7) is 8.38. The molecule has 118 valence electrons. The maximum atomic E-state index is 13.0. The summed E-state index contributed by atoms with van der Waals surface area (Å²) >= 11 is 0. The third kappa shape index (κ3) is 3.79. The molecule has 1 heteroatoms. The Bertz CT molecular complexity index is 722. The second-order valence-corrected chi connectivity index (χ2v) is 6.40. The van der Waals surface area contributed by atoms with Crippen LogP contribution in [0.5, 0.6) is 0 Å². The fraction of sp³-hybridized carbons (Fsp3) is 0.273. The van der Waals surface area contributed by atoms with Crippen molar-refractivity contribution in [2.75, 3.05) is 0 Å². The molecule has 0 amide bonds. The fourth-order valence-electron chi connectivity index (χ4n) is 3.23. The summed E-state index contributed by atoms with van der Waals surface area (Å²) in [6, 6.07) is 13.3. The molecule has 0 N–H and O–H groups in total. The van der Waals surface area contributed by atoms with Crippen molar-refractivity contribution in [2.24, 2.45) is 0 Å². The van der Waals surface area contributed by atoms with Gasteiger partial charge in [-0.25, -0.2) is 4.39 Å². The molecule has 1 aliphatic rings. The van der Waals surface area contributed by atoms with Crippen molar-refractivity contribution < 1.29 is 4.39 Å². The Hall–Kier alpha value is -2.15. The summed E-state index contributed by atoms with van der Waals surface area (Å²) in [5.41, 5.74) is 7.43. The predicted molar refractivity (Wildman–Crippen MR) is 96.8 cm³/mol. The molecule has 0 spiro atoms. The van der Waals surface area contributed by atoms with Crippen LogP contribution in [-0.4, -0.2) is 0 Å². The van der Waals surface area contributed by atoms with Crippen molar-refractivity contribution in [2.45, 2.75) is 38.5 Å². The summed E-state index contributed by atoms with van der Waals surface area (Å²) < 4.78 is 13.0. The smallest absolute Gasteiger partial charge is 0.123 e. The molecule has 3 rings (SSSR count). The zero-order valence-corrected chi connectivity index (χ0v) is 13.6. The maximum absolute atomic E-state index is 13.0. The van der Waals surface area contributed by atoms with Gasteiger partial charge in [-0.15, -0.1) is 0 Å². The van der Waals surface area contributed by atoms with Gasteiger partial charge in [0, 0.05) is 0 Å². The second-order valence-electron chi connectivity index (χ2n) is 6.40. The highest BCUT2D eigenvalue weighted by Crippen LogP contribution is 2.28. The Kier molecular flexibility index (Phi) is 4.76. The highest BCUT2D eigenvalue weighted by Gasteiger charge is 2.11. The van der Waals surface area contributed by atoms with E-state index in [-0.39, 0.29) is 5.82 Å². The number of aryl methyl sites for hydroxylation is 2. The number of allylic oxidation sites excluding steroid dienone is 2. The Balaban J connectivity index is 1.63. The van der Waals surface area contributed by atoms with Gasteiger partial charge < -0.3 is 0 Å². The molecule has 0 aliphatic heterocycles. The van der Waals surface area contributed by atoms with Crippen LogP contribution in [0.4, 0.5) is 4.39 Å². The Morgan fingerprint density at radius 3 is 2.04 bits per heavy atom. The molecule has 0 atom stereocenters. The van der Waals surface area contributed by atoms with Crippen LogP contribution in [0.15, 0.2) is 55.6 Å². The van der Waals surface area contributed by atoms with Crippen LogP contribution >= 0.6 is 0 Å². The highest BCUT2D eigenvalue weighted by molar-refractivity contribution is 5.69. The van der Waals surface area contributed by atoms with Gasteiger partial charge in [0.2, 0.25) is 0 Å². The minimum Gasteiger partial charge on any atom is -0.207 e. The van der Waals surface area contributed by atoms with E-state index in [0.717, 1.165) is 29.6 Å². The highest BCUT2D eigenvalue weighted by atomic mass is 19.1. The fourth-order valence-corrected chi connectivity index (χ4v) is 3.23. The van der Waals surface area contributed by atoms with Crippen LogP contribution in [-0.2, 0) is 12.8 Å². The molecule has 0 saturated carbocycles. The quantitative estimate of drug-likeness (QED) is 0.616. The molecule has 2 aromatic carbocycles. The molecule has 0 nitrogen and oxygen atoms in total. The van der Waals surface area contributed by atoms with E-state index in [1.807, 2.05) is 0 Å². The van der Waals surface area contributed by atoms with Crippen LogP contribution < -0.4 is 0 Å². The number of halogens is 1. The summed E-state index contributed by atoms with van der Waals surface area (Å²) in [5.74, 6) is -0.208. The average Bonchev–Trinajstić information content (AvgIpc) is 2.59. The summed E-state index contributed by atoms with van der Waals surface area (Å²) in [5, 5.41) is 0. The van der Waals surface area contributed by atoms with Crippen LogP contribution in [0.2, 0.25) is 0 Å². The summed E-state index contributed by atoms with van der Waals surface area (Å²) in [6.07, 6.45) is 6.74. The van der Waals surface area contributed by atoms with E-state index in [2.05, 4.69) is 31.4 Å². The Morgan fingerprint density at radius 2 is 1.35 bits per heavy atom. The number of hydrogen-bond donors (Lipinski definition) is 0. The van der Waals surface area contributed by atoms with Gasteiger partial charge in [0.1, 0.15) is 5.82 Å². The van der Waals surface area contributed by atoms with Gasteiger partial charge >= 0.3 is 0 Å². The molecule has 0 heterocycles. The van der Waals surface area contributed by atoms with Gasteiger partial charge in [-0.05, 0) is 84.1 Å². The van der Waals surface area contributed by atoms with E-state index in [4.69, 9.17) is 0 Å². The third-order valence-electron chi connectivity index (χ3n) is 4.74. The summed E-state index contributed by atoms with van der Waals surface area (Å²) in [7, 11) is 0. The van der Waals surface area contributed by atoms with Crippen molar-refractivity contribution in [3.63, 3.8) is 0 Å². The van der Waals surface area contributed by atoms with E-state index < -0.39 is 0 Å². The van der Waals surface area contributed by atoms with Crippen LogP contribution in [0.25, 0.3) is 11.1 Å². The standard InChI is InChI=1S/C22H23F/c1-16(18-11-13-22(23)14-12-18)7-8-17(2)20-10-9-19-5-3-4-6-21(19)15-20/h9-15H,1-8H2. The molecular formula is C22H23F. The molecule has 0 radical (unpaired) electrons. The molecule has 0 bridgehead atoms. The van der Waals surface area contributed by atoms with Crippen molar-refractivity contribution in [3.8, 4) is 0 Å². The topological polar surface area (TPSA) is 0 Å². The van der Waals surface area contributed by atoms with Gasteiger partial charge in [0.25, 0.3) is 0 Å². The van der Waals surface area contributed by atoms with Crippen LogP contribution in [0.1, 0.15) is 47.9 Å². The predicted octanol–water partition coefficient (Wildman–Crippen LogP) is 6.21. The lowest BCUT2D eigenvalue weighted by atomic mass is 9.88. The first-order valence-electron chi connectivity index (χ1n) is 8.37.